The molecule has 3 aromatic rings. The molecule has 2 amide bonds. The summed E-state index contributed by atoms with van der Waals surface area (Å²) in [5.74, 6) is -0.180. The molecule has 0 spiro atoms. The van der Waals surface area contributed by atoms with Crippen molar-refractivity contribution in [3.63, 3.8) is 0 Å². The molecule has 4 rings (SSSR count). The highest BCUT2D eigenvalue weighted by Gasteiger charge is 2.23. The molecule has 1 heterocycles. The van der Waals surface area contributed by atoms with Gasteiger partial charge in [0.25, 0.3) is 5.91 Å². The van der Waals surface area contributed by atoms with E-state index in [1.165, 1.54) is 0 Å². The monoisotopic (exact) mass is 358 g/mol. The van der Waals surface area contributed by atoms with Gasteiger partial charge in [-0.3, -0.25) is 9.69 Å². The third kappa shape index (κ3) is 3.67. The molecule has 1 N–H and O–H groups in total. The van der Waals surface area contributed by atoms with Crippen LogP contribution in [0.1, 0.15) is 10.4 Å². The molecule has 5 heteroatoms. The summed E-state index contributed by atoms with van der Waals surface area (Å²) < 4.78 is 4.94. The normalized spacial score (nSPS) is 13.3. The van der Waals surface area contributed by atoms with Crippen molar-refractivity contribution in [1.82, 2.24) is 0 Å². The minimum Gasteiger partial charge on any atom is -0.447 e. The molecule has 0 radical (unpaired) electrons. The predicted octanol–water partition coefficient (Wildman–Crippen LogP) is 4.56. The predicted molar refractivity (Wildman–Crippen MR) is 105 cm³/mol. The fraction of sp³-hybridized carbons (Fsp3) is 0.0909. The number of cyclic esters (lactones) is 1. The molecule has 1 aliphatic rings. The minimum absolute atomic E-state index is 0.180. The Kier molecular flexibility index (Phi) is 4.58. The van der Waals surface area contributed by atoms with Crippen molar-refractivity contribution in [3.05, 3.63) is 84.4 Å². The van der Waals surface area contributed by atoms with E-state index in [2.05, 4.69) is 5.32 Å². The highest BCUT2D eigenvalue weighted by Crippen LogP contribution is 2.23. The van der Waals surface area contributed by atoms with Gasteiger partial charge in [0.1, 0.15) is 6.61 Å². The van der Waals surface area contributed by atoms with E-state index in [0.717, 1.165) is 16.8 Å². The number of benzene rings is 3. The summed E-state index contributed by atoms with van der Waals surface area (Å²) in [6, 6.07) is 24.6. The molecule has 134 valence electrons. The zero-order valence-corrected chi connectivity index (χ0v) is 14.6. The lowest BCUT2D eigenvalue weighted by molar-refractivity contribution is 0.102. The average molecular weight is 358 g/mol. The van der Waals surface area contributed by atoms with Crippen LogP contribution in [0.15, 0.2) is 78.9 Å². The molecular weight excluding hydrogens is 340 g/mol. The van der Waals surface area contributed by atoms with Crippen LogP contribution in [0.2, 0.25) is 0 Å². The Hall–Kier alpha value is -3.60. The van der Waals surface area contributed by atoms with Crippen molar-refractivity contribution < 1.29 is 14.3 Å². The van der Waals surface area contributed by atoms with E-state index >= 15 is 0 Å². The fourth-order valence-electron chi connectivity index (χ4n) is 3.03. The van der Waals surface area contributed by atoms with E-state index in [0.29, 0.717) is 24.4 Å². The Morgan fingerprint density at radius 2 is 1.63 bits per heavy atom. The molecule has 0 bridgehead atoms. The molecule has 0 saturated carbocycles. The summed E-state index contributed by atoms with van der Waals surface area (Å²) in [4.78, 5) is 25.8. The maximum absolute atomic E-state index is 12.6. The van der Waals surface area contributed by atoms with E-state index in [1.54, 1.807) is 35.2 Å². The highest BCUT2D eigenvalue weighted by molar-refractivity contribution is 6.05. The first-order valence-corrected chi connectivity index (χ1v) is 8.72. The van der Waals surface area contributed by atoms with Crippen LogP contribution < -0.4 is 10.2 Å². The Bertz CT molecular complexity index is 968. The van der Waals surface area contributed by atoms with Crippen LogP contribution in [-0.2, 0) is 4.74 Å². The topological polar surface area (TPSA) is 58.6 Å². The van der Waals surface area contributed by atoms with Gasteiger partial charge in [0.05, 0.1) is 6.54 Å². The summed E-state index contributed by atoms with van der Waals surface area (Å²) in [6.07, 6.45) is -0.343. The first-order valence-electron chi connectivity index (χ1n) is 8.72. The lowest BCUT2D eigenvalue weighted by atomic mass is 10.0. The minimum atomic E-state index is -0.343. The summed E-state index contributed by atoms with van der Waals surface area (Å²) >= 11 is 0. The van der Waals surface area contributed by atoms with Crippen LogP contribution in [0.4, 0.5) is 16.2 Å². The van der Waals surface area contributed by atoms with Gasteiger partial charge in [0.2, 0.25) is 0 Å². The van der Waals surface area contributed by atoms with Gasteiger partial charge in [0, 0.05) is 16.9 Å². The summed E-state index contributed by atoms with van der Waals surface area (Å²) in [6.45, 7) is 0.936. The summed E-state index contributed by atoms with van der Waals surface area (Å²) in [7, 11) is 0. The van der Waals surface area contributed by atoms with Gasteiger partial charge in [0.15, 0.2) is 0 Å². The number of carbonyl (C=O) groups is 2. The van der Waals surface area contributed by atoms with Crippen molar-refractivity contribution in [1.29, 1.82) is 0 Å². The van der Waals surface area contributed by atoms with Crippen LogP contribution >= 0.6 is 0 Å². The molecule has 1 fully saturated rings. The van der Waals surface area contributed by atoms with Crippen molar-refractivity contribution in [2.24, 2.45) is 0 Å². The zero-order chi connectivity index (χ0) is 18.6. The van der Waals surface area contributed by atoms with Crippen molar-refractivity contribution in [3.8, 4) is 11.1 Å². The maximum Gasteiger partial charge on any atom is 0.414 e. The number of anilines is 2. The Morgan fingerprint density at radius 1 is 0.889 bits per heavy atom. The third-order valence-electron chi connectivity index (χ3n) is 4.43. The molecule has 0 atom stereocenters. The second kappa shape index (κ2) is 7.33. The van der Waals surface area contributed by atoms with Crippen molar-refractivity contribution in [2.75, 3.05) is 23.4 Å². The molecule has 0 aliphatic carbocycles. The van der Waals surface area contributed by atoms with Gasteiger partial charge in [-0.15, -0.1) is 0 Å². The molecule has 1 aliphatic heterocycles. The molecule has 0 aromatic heterocycles. The Morgan fingerprint density at radius 3 is 2.33 bits per heavy atom. The van der Waals surface area contributed by atoms with Crippen molar-refractivity contribution in [2.45, 2.75) is 0 Å². The van der Waals surface area contributed by atoms with E-state index in [-0.39, 0.29) is 12.0 Å². The molecule has 3 aromatic carbocycles. The number of hydrogen-bond donors (Lipinski definition) is 1. The molecule has 5 nitrogen and oxygen atoms in total. The number of ether oxygens (including phenoxy) is 1. The second-order valence-electron chi connectivity index (χ2n) is 6.21. The van der Waals surface area contributed by atoms with Crippen LogP contribution in [0, 0.1) is 0 Å². The quantitative estimate of drug-likeness (QED) is 0.744. The molecule has 1 saturated heterocycles. The van der Waals surface area contributed by atoms with Gasteiger partial charge >= 0.3 is 6.09 Å². The second-order valence-corrected chi connectivity index (χ2v) is 6.21. The van der Waals surface area contributed by atoms with Crippen LogP contribution in [0.5, 0.6) is 0 Å². The van der Waals surface area contributed by atoms with E-state index in [4.69, 9.17) is 4.74 Å². The van der Waals surface area contributed by atoms with Gasteiger partial charge in [-0.1, -0.05) is 42.5 Å². The number of rotatable bonds is 4. The Balaban J connectivity index is 1.48. The van der Waals surface area contributed by atoms with Crippen LogP contribution in [0.25, 0.3) is 11.1 Å². The molecule has 27 heavy (non-hydrogen) atoms. The maximum atomic E-state index is 12.6. The number of carbonyl (C=O) groups excluding carboxylic acids is 2. The van der Waals surface area contributed by atoms with Gasteiger partial charge in [-0.2, -0.15) is 0 Å². The average Bonchev–Trinajstić information content (AvgIpc) is 3.15. The standard InChI is InChI=1S/C22H18N2O3/c25-21(18-8-4-7-17(15-18)16-5-2-1-3-6-16)23-19-9-11-20(12-10-19)24-13-14-27-22(24)26/h1-12,15H,13-14H2,(H,23,25). The van der Waals surface area contributed by atoms with Gasteiger partial charge in [-0.05, 0) is 47.5 Å². The smallest absolute Gasteiger partial charge is 0.414 e. The first-order chi connectivity index (χ1) is 13.2. The summed E-state index contributed by atoms with van der Waals surface area (Å²) in [5, 5.41) is 2.89. The van der Waals surface area contributed by atoms with Gasteiger partial charge in [-0.25, -0.2) is 4.79 Å². The molecular formula is C22H18N2O3. The lowest BCUT2D eigenvalue weighted by Crippen LogP contribution is -2.23. The number of nitrogens with zero attached hydrogens (tertiary/aromatic N) is 1. The van der Waals surface area contributed by atoms with Gasteiger partial charge < -0.3 is 10.1 Å². The zero-order valence-electron chi connectivity index (χ0n) is 14.6. The number of amides is 2. The van der Waals surface area contributed by atoms with E-state index in [9.17, 15) is 9.59 Å². The third-order valence-corrected chi connectivity index (χ3v) is 4.43. The highest BCUT2D eigenvalue weighted by atomic mass is 16.6. The number of nitrogens with one attached hydrogen (secondary N) is 1. The van der Waals surface area contributed by atoms with Crippen LogP contribution in [-0.4, -0.2) is 25.2 Å². The van der Waals surface area contributed by atoms with Crippen LogP contribution in [0.3, 0.4) is 0 Å². The molecule has 0 unspecified atom stereocenters. The Labute approximate surface area is 157 Å². The largest absolute Gasteiger partial charge is 0.447 e. The lowest BCUT2D eigenvalue weighted by Gasteiger charge is -2.13. The van der Waals surface area contributed by atoms with E-state index in [1.807, 2.05) is 48.5 Å². The number of hydrogen-bond acceptors (Lipinski definition) is 3. The van der Waals surface area contributed by atoms with Crippen molar-refractivity contribution >= 4 is 23.4 Å². The SMILES string of the molecule is O=C(Nc1ccc(N2CCOC2=O)cc1)c1cccc(-c2ccccc2)c1. The first kappa shape index (κ1) is 16.8. The summed E-state index contributed by atoms with van der Waals surface area (Å²) in [5.41, 5.74) is 4.06. The van der Waals surface area contributed by atoms with E-state index < -0.39 is 0 Å². The fourth-order valence-corrected chi connectivity index (χ4v) is 3.03.